The van der Waals surface area contributed by atoms with E-state index in [-0.39, 0.29) is 0 Å². The highest BCUT2D eigenvalue weighted by molar-refractivity contribution is 5.81. The van der Waals surface area contributed by atoms with Crippen molar-refractivity contribution in [3.8, 4) is 11.4 Å². The second kappa shape index (κ2) is 17.2. The normalized spacial score (nSPS) is 11.2. The molecular weight excluding hydrogens is 709 g/mol. The third kappa shape index (κ3) is 8.29. The van der Waals surface area contributed by atoms with Crippen LogP contribution in [0.3, 0.4) is 0 Å². The lowest BCUT2D eigenvalue weighted by atomic mass is 10.1. The second-order valence-electron chi connectivity index (χ2n) is 16.2. The first-order valence-corrected chi connectivity index (χ1v) is 20.6. The third-order valence-electron chi connectivity index (χ3n) is 12.0. The fourth-order valence-electron chi connectivity index (χ4n) is 8.56. The molecule has 4 aromatic heterocycles. The van der Waals surface area contributed by atoms with E-state index in [0.717, 1.165) is 25.7 Å². The molecule has 8 aromatic rings. The Labute approximate surface area is 345 Å². The maximum Gasteiger partial charge on any atom is 0.212 e. The van der Waals surface area contributed by atoms with Crippen molar-refractivity contribution in [3.63, 3.8) is 0 Å². The van der Waals surface area contributed by atoms with Gasteiger partial charge in [0.25, 0.3) is 0 Å². The number of para-hydroxylation sites is 2. The van der Waals surface area contributed by atoms with Crippen LogP contribution in [-0.2, 0) is 39.8 Å². The lowest BCUT2D eigenvalue weighted by Crippen LogP contribution is -2.34. The van der Waals surface area contributed by atoms with Gasteiger partial charge < -0.3 is 18.9 Å². The van der Waals surface area contributed by atoms with Gasteiger partial charge in [-0.05, 0) is 124 Å². The van der Waals surface area contributed by atoms with Gasteiger partial charge in [0.05, 0.1) is 0 Å². The average Bonchev–Trinajstić information content (AvgIpc) is 3.68. The van der Waals surface area contributed by atoms with Gasteiger partial charge in [0.2, 0.25) is 11.0 Å². The number of aryl methyl sites for hydroxylation is 8. The summed E-state index contributed by atoms with van der Waals surface area (Å²) in [6.07, 6.45) is 4.14. The highest BCUT2D eigenvalue weighted by Gasteiger charge is 2.18. The summed E-state index contributed by atoms with van der Waals surface area (Å²) < 4.78 is 9.40. The molecule has 4 heterocycles. The Balaban J connectivity index is 0.000000177. The summed E-state index contributed by atoms with van der Waals surface area (Å²) in [5, 5.41) is 2.56. The predicted octanol–water partition coefficient (Wildman–Crippen LogP) is 9.85. The molecule has 0 unspecified atom stereocenters. The molecule has 6 heteroatoms. The smallest absolute Gasteiger partial charge is 0.212 e. The van der Waals surface area contributed by atoms with Crippen molar-refractivity contribution in [2.75, 3.05) is 38.0 Å². The maximum atomic E-state index is 2.36. The van der Waals surface area contributed by atoms with Crippen molar-refractivity contribution in [1.29, 1.82) is 0 Å². The number of pyridine rings is 2. The molecule has 58 heavy (non-hydrogen) atoms. The summed E-state index contributed by atoms with van der Waals surface area (Å²) >= 11 is 0. The van der Waals surface area contributed by atoms with Crippen LogP contribution in [0.4, 0.5) is 11.4 Å². The molecule has 0 fully saturated rings. The van der Waals surface area contributed by atoms with Gasteiger partial charge in [0.1, 0.15) is 14.1 Å². The van der Waals surface area contributed by atoms with Gasteiger partial charge in [-0.25, -0.2) is 0 Å². The minimum atomic E-state index is 1.03. The maximum absolute atomic E-state index is 2.36. The van der Waals surface area contributed by atoms with Crippen LogP contribution in [-0.4, -0.2) is 37.3 Å². The summed E-state index contributed by atoms with van der Waals surface area (Å²) in [6.45, 7) is 8.86. The fraction of sp³-hybridized carbons (Fsp3) is 0.269. The first kappa shape index (κ1) is 40.1. The quantitative estimate of drug-likeness (QED) is 0.130. The molecule has 0 aliphatic heterocycles. The predicted molar refractivity (Wildman–Crippen MR) is 244 cm³/mol. The van der Waals surface area contributed by atoms with Crippen molar-refractivity contribution in [2.45, 2.75) is 53.4 Å². The van der Waals surface area contributed by atoms with Gasteiger partial charge in [-0.1, -0.05) is 36.4 Å². The van der Waals surface area contributed by atoms with Crippen molar-refractivity contribution in [1.82, 2.24) is 9.13 Å². The Morgan fingerprint density at radius 2 is 0.810 bits per heavy atom. The van der Waals surface area contributed by atoms with Crippen LogP contribution in [0.5, 0.6) is 0 Å². The monoisotopic (exact) mass is 768 g/mol. The number of aromatic nitrogens is 4. The minimum Gasteiger partial charge on any atom is -0.378 e. The molecule has 0 aliphatic rings. The lowest BCUT2D eigenvalue weighted by Gasteiger charge is -2.13. The Morgan fingerprint density at radius 3 is 1.17 bits per heavy atom. The molecule has 4 aromatic carbocycles. The van der Waals surface area contributed by atoms with Crippen LogP contribution in [0.1, 0.15) is 45.3 Å². The molecule has 0 aliphatic carbocycles. The molecule has 6 nitrogen and oxygen atoms in total. The molecule has 0 atom stereocenters. The summed E-state index contributed by atoms with van der Waals surface area (Å²) in [4.78, 5) is 4.30. The SMILES string of the molecule is Cc1cc(CCc2ccc3cc(N(C)C)ccc3[n+]2C)c(C)n1-c1ccccc1.Cc1cc(CCc2ccc3cc(N(C)C)ccc3[n+]2C)c(C)n1-c1ccccc1. The number of benzene rings is 4. The first-order valence-electron chi connectivity index (χ1n) is 20.6. The van der Waals surface area contributed by atoms with E-state index in [1.54, 1.807) is 0 Å². The highest BCUT2D eigenvalue weighted by atomic mass is 15.1. The molecule has 8 rings (SSSR count). The second-order valence-corrected chi connectivity index (χ2v) is 16.2. The molecule has 0 radical (unpaired) electrons. The fourth-order valence-corrected chi connectivity index (χ4v) is 8.56. The molecule has 0 spiro atoms. The zero-order chi connectivity index (χ0) is 41.1. The van der Waals surface area contributed by atoms with Crippen molar-refractivity contribution >= 4 is 33.2 Å². The molecule has 0 bridgehead atoms. The van der Waals surface area contributed by atoms with Gasteiger partial charge in [-0.3, -0.25) is 0 Å². The van der Waals surface area contributed by atoms with Crippen LogP contribution in [0.25, 0.3) is 33.2 Å². The third-order valence-corrected chi connectivity index (χ3v) is 12.0. The largest absolute Gasteiger partial charge is 0.378 e. The summed E-state index contributed by atoms with van der Waals surface area (Å²) in [5.74, 6) is 0. The molecule has 0 N–H and O–H groups in total. The van der Waals surface area contributed by atoms with Gasteiger partial charge in [-0.2, -0.15) is 9.13 Å². The van der Waals surface area contributed by atoms with E-state index in [1.807, 2.05) is 0 Å². The number of anilines is 2. The van der Waals surface area contributed by atoms with Crippen molar-refractivity contribution in [2.24, 2.45) is 14.1 Å². The standard InChI is InChI=1S/2C26H30N3/c2*1-19-17-21(20(2)29(19)24-9-7-6-8-10-24)11-13-23-14-12-22-18-25(27(3)4)15-16-26(22)28(23)5/h2*6-10,12,14-18H,11,13H2,1-5H3/q2*+1. The molecule has 0 saturated heterocycles. The summed E-state index contributed by atoms with van der Waals surface area (Å²) in [7, 11) is 12.7. The Bertz CT molecular complexity index is 2490. The van der Waals surface area contributed by atoms with E-state index in [0.29, 0.717) is 0 Å². The Kier molecular flexibility index (Phi) is 11.8. The first-order chi connectivity index (χ1) is 27.9. The Morgan fingerprint density at radius 1 is 0.431 bits per heavy atom. The van der Waals surface area contributed by atoms with E-state index in [1.165, 1.54) is 89.8 Å². The van der Waals surface area contributed by atoms with E-state index < -0.39 is 0 Å². The molecule has 0 saturated carbocycles. The van der Waals surface area contributed by atoms with Crippen LogP contribution in [0.15, 0.2) is 133 Å². The van der Waals surface area contributed by atoms with Gasteiger partial charge in [0.15, 0.2) is 11.4 Å². The topological polar surface area (TPSA) is 24.1 Å². The zero-order valence-electron chi connectivity index (χ0n) is 36.2. The van der Waals surface area contributed by atoms with E-state index in [9.17, 15) is 0 Å². The van der Waals surface area contributed by atoms with Crippen LogP contribution in [0.2, 0.25) is 0 Å². The van der Waals surface area contributed by atoms with Gasteiger partial charge in [-0.15, -0.1) is 0 Å². The highest BCUT2D eigenvalue weighted by Crippen LogP contribution is 2.25. The van der Waals surface area contributed by atoms with Crippen LogP contribution >= 0.6 is 0 Å². The molecule has 296 valence electrons. The number of fused-ring (bicyclic) bond motifs is 2. The summed E-state index contributed by atoms with van der Waals surface area (Å²) in [5.41, 5.74) is 18.3. The van der Waals surface area contributed by atoms with E-state index in [4.69, 9.17) is 0 Å². The Hall–Kier alpha value is -6.14. The van der Waals surface area contributed by atoms with E-state index in [2.05, 4.69) is 232 Å². The number of nitrogens with zero attached hydrogens (tertiary/aromatic N) is 6. The van der Waals surface area contributed by atoms with Crippen molar-refractivity contribution < 1.29 is 9.13 Å². The van der Waals surface area contributed by atoms with Gasteiger partial charge in [0, 0.05) is 122 Å². The van der Waals surface area contributed by atoms with Crippen LogP contribution in [0, 0.1) is 27.7 Å². The average molecular weight is 769 g/mol. The van der Waals surface area contributed by atoms with Crippen LogP contribution < -0.4 is 18.9 Å². The summed E-state index contributed by atoms with van der Waals surface area (Å²) in [6, 6.07) is 48.4. The number of rotatable bonds is 10. The number of hydrogen-bond donors (Lipinski definition) is 0. The lowest BCUT2D eigenvalue weighted by molar-refractivity contribution is -0.653. The molecular formula is C52H60N6+2. The van der Waals surface area contributed by atoms with Gasteiger partial charge >= 0.3 is 0 Å². The molecule has 0 amide bonds. The van der Waals surface area contributed by atoms with Crippen molar-refractivity contribution in [3.05, 3.63) is 179 Å². The number of hydrogen-bond acceptors (Lipinski definition) is 2. The zero-order valence-corrected chi connectivity index (χ0v) is 36.2. The minimum absolute atomic E-state index is 1.03. The van der Waals surface area contributed by atoms with E-state index >= 15 is 0 Å².